The molecule has 0 fully saturated rings. The molecule has 0 aliphatic rings. The maximum Gasteiger partial charge on any atom is 0.249 e. The third kappa shape index (κ3) is 4.52. The van der Waals surface area contributed by atoms with Gasteiger partial charge in [-0.25, -0.2) is 4.68 Å². The van der Waals surface area contributed by atoms with Gasteiger partial charge in [-0.1, -0.05) is 29.3 Å². The Morgan fingerprint density at radius 2 is 2.08 bits per heavy atom. The molecule has 3 aromatic rings. The van der Waals surface area contributed by atoms with Crippen LogP contribution in [-0.2, 0) is 11.5 Å². The van der Waals surface area contributed by atoms with E-state index in [1.807, 2.05) is 0 Å². The third-order valence-electron chi connectivity index (χ3n) is 3.41. The van der Waals surface area contributed by atoms with Crippen LogP contribution in [0.4, 0.5) is 5.69 Å². The second-order valence-electron chi connectivity index (χ2n) is 5.30. The van der Waals surface area contributed by atoms with E-state index in [4.69, 9.17) is 27.9 Å². The number of aromatic nitrogens is 4. The van der Waals surface area contributed by atoms with Gasteiger partial charge in [-0.15, -0.1) is 0 Å². The van der Waals surface area contributed by atoms with E-state index in [2.05, 4.69) is 15.5 Å². The Kier molecular flexibility index (Phi) is 5.25. The van der Waals surface area contributed by atoms with Gasteiger partial charge < -0.3 is 10.1 Å². The van der Waals surface area contributed by atoms with Crippen molar-refractivity contribution < 1.29 is 9.53 Å². The largest absolute Gasteiger partial charge is 0.471 e. The molecule has 0 saturated heterocycles. The zero-order valence-corrected chi connectivity index (χ0v) is 14.8. The molecule has 0 aliphatic heterocycles. The lowest BCUT2D eigenvalue weighted by Gasteiger charge is -2.11. The van der Waals surface area contributed by atoms with Crippen LogP contribution in [0.1, 0.15) is 13.0 Å². The molecule has 0 saturated carbocycles. The van der Waals surface area contributed by atoms with Crippen LogP contribution in [-0.4, -0.2) is 25.5 Å². The van der Waals surface area contributed by atoms with Crippen LogP contribution in [0.25, 0.3) is 0 Å². The van der Waals surface area contributed by atoms with E-state index in [0.717, 1.165) is 0 Å². The molecule has 2 aromatic heterocycles. The van der Waals surface area contributed by atoms with Crippen LogP contribution >= 0.6 is 23.2 Å². The quantitative estimate of drug-likeness (QED) is 0.709. The highest BCUT2D eigenvalue weighted by molar-refractivity contribution is 6.30. The Morgan fingerprint density at radius 3 is 2.80 bits per heavy atom. The predicted octanol–water partition coefficient (Wildman–Crippen LogP) is 3.62. The first-order valence-electron chi connectivity index (χ1n) is 7.42. The minimum atomic E-state index is -0.501. The van der Waals surface area contributed by atoms with Crippen LogP contribution in [0.2, 0.25) is 10.0 Å². The number of hydrogen-bond donors (Lipinski definition) is 1. The molecule has 25 heavy (non-hydrogen) atoms. The molecule has 1 N–H and O–H groups in total. The van der Waals surface area contributed by atoms with Gasteiger partial charge in [-0.2, -0.15) is 10.2 Å². The number of rotatable bonds is 6. The third-order valence-corrected chi connectivity index (χ3v) is 3.84. The molecule has 0 spiro atoms. The van der Waals surface area contributed by atoms with Crippen LogP contribution in [0.3, 0.4) is 0 Å². The van der Waals surface area contributed by atoms with Crippen molar-refractivity contribution in [1.29, 1.82) is 0 Å². The van der Waals surface area contributed by atoms with Crippen molar-refractivity contribution in [2.75, 3.05) is 5.32 Å². The molecule has 3 rings (SSSR count). The fourth-order valence-electron chi connectivity index (χ4n) is 2.09. The van der Waals surface area contributed by atoms with Gasteiger partial charge in [0.1, 0.15) is 11.8 Å². The van der Waals surface area contributed by atoms with Crippen molar-refractivity contribution in [3.63, 3.8) is 0 Å². The molecule has 0 bridgehead atoms. The zero-order valence-electron chi connectivity index (χ0n) is 13.3. The first-order valence-corrected chi connectivity index (χ1v) is 8.18. The summed E-state index contributed by atoms with van der Waals surface area (Å²) in [6, 6.07) is 6.58. The fourth-order valence-corrected chi connectivity index (χ4v) is 2.41. The molecule has 7 nitrogen and oxygen atoms in total. The Hall–Kier alpha value is -2.51. The predicted molar refractivity (Wildman–Crippen MR) is 94.9 cm³/mol. The fraction of sp³-hybridized carbons (Fsp3) is 0.188. The summed E-state index contributed by atoms with van der Waals surface area (Å²) in [6.07, 6.45) is 6.29. The van der Waals surface area contributed by atoms with Crippen molar-refractivity contribution in [2.24, 2.45) is 0 Å². The van der Waals surface area contributed by atoms with Gasteiger partial charge in [-0.3, -0.25) is 9.48 Å². The monoisotopic (exact) mass is 379 g/mol. The van der Waals surface area contributed by atoms with Gasteiger partial charge in [0.15, 0.2) is 6.73 Å². The van der Waals surface area contributed by atoms with Crippen LogP contribution < -0.4 is 10.1 Å². The van der Waals surface area contributed by atoms with E-state index in [0.29, 0.717) is 21.5 Å². The Balaban J connectivity index is 1.57. The number of nitrogens with zero attached hydrogens (tertiary/aromatic N) is 4. The maximum absolute atomic E-state index is 12.3. The molecule has 1 atom stereocenters. The highest BCUT2D eigenvalue weighted by atomic mass is 35.5. The summed E-state index contributed by atoms with van der Waals surface area (Å²) in [4.78, 5) is 12.3. The van der Waals surface area contributed by atoms with E-state index in [1.165, 1.54) is 10.9 Å². The average Bonchev–Trinajstić information content (AvgIpc) is 3.21. The summed E-state index contributed by atoms with van der Waals surface area (Å²) in [5, 5.41) is 12.0. The minimum absolute atomic E-state index is 0.195. The number of carbonyl (C=O) groups excluding carboxylic acids is 1. The molecule has 1 amide bonds. The molecule has 130 valence electrons. The molecule has 0 radical (unpaired) electrons. The molecular formula is C16H15Cl2N5O2. The van der Waals surface area contributed by atoms with E-state index >= 15 is 0 Å². The van der Waals surface area contributed by atoms with Gasteiger partial charge in [-0.05, 0) is 25.1 Å². The number of halogens is 2. The minimum Gasteiger partial charge on any atom is -0.471 e. The summed E-state index contributed by atoms with van der Waals surface area (Å²) in [7, 11) is 0. The standard InChI is InChI=1S/C16H15Cl2N5O2/c1-11(23-8-13(18)6-20-23)16(24)21-14-7-19-22(9-14)10-25-15-4-2-3-12(17)5-15/h2-9,11H,10H2,1H3,(H,21,24). The van der Waals surface area contributed by atoms with Crippen LogP contribution in [0.15, 0.2) is 49.1 Å². The highest BCUT2D eigenvalue weighted by Gasteiger charge is 2.16. The number of amides is 1. The molecule has 1 unspecified atom stereocenters. The van der Waals surface area contributed by atoms with Gasteiger partial charge in [0.2, 0.25) is 5.91 Å². The Bertz CT molecular complexity index is 877. The lowest BCUT2D eigenvalue weighted by atomic mass is 10.3. The Morgan fingerprint density at radius 1 is 1.24 bits per heavy atom. The van der Waals surface area contributed by atoms with E-state index in [1.54, 1.807) is 54.5 Å². The molecule has 9 heteroatoms. The van der Waals surface area contributed by atoms with Gasteiger partial charge in [0.25, 0.3) is 0 Å². The number of nitrogens with one attached hydrogen (secondary N) is 1. The second-order valence-corrected chi connectivity index (χ2v) is 6.18. The average molecular weight is 380 g/mol. The van der Waals surface area contributed by atoms with Gasteiger partial charge >= 0.3 is 0 Å². The SMILES string of the molecule is CC(C(=O)Nc1cnn(COc2cccc(Cl)c2)c1)n1cc(Cl)cn1. The summed E-state index contributed by atoms with van der Waals surface area (Å²) in [6.45, 7) is 1.92. The number of ether oxygens (including phenoxy) is 1. The molecular weight excluding hydrogens is 365 g/mol. The zero-order chi connectivity index (χ0) is 17.8. The maximum atomic E-state index is 12.3. The molecule has 2 heterocycles. The van der Waals surface area contributed by atoms with Crippen molar-refractivity contribution in [1.82, 2.24) is 19.6 Å². The first-order chi connectivity index (χ1) is 12.0. The van der Waals surface area contributed by atoms with Gasteiger partial charge in [0.05, 0.1) is 29.3 Å². The van der Waals surface area contributed by atoms with Crippen molar-refractivity contribution >= 4 is 34.8 Å². The van der Waals surface area contributed by atoms with E-state index in [-0.39, 0.29) is 12.6 Å². The second kappa shape index (κ2) is 7.58. The number of carbonyl (C=O) groups is 1. The summed E-state index contributed by atoms with van der Waals surface area (Å²) >= 11 is 11.7. The van der Waals surface area contributed by atoms with E-state index < -0.39 is 6.04 Å². The first kappa shape index (κ1) is 17.3. The number of benzene rings is 1. The van der Waals surface area contributed by atoms with Crippen LogP contribution in [0.5, 0.6) is 5.75 Å². The van der Waals surface area contributed by atoms with Gasteiger partial charge in [0, 0.05) is 11.2 Å². The molecule has 0 aliphatic carbocycles. The van der Waals surface area contributed by atoms with Crippen molar-refractivity contribution in [3.8, 4) is 5.75 Å². The van der Waals surface area contributed by atoms with Crippen molar-refractivity contribution in [3.05, 3.63) is 59.1 Å². The number of hydrogen-bond acceptors (Lipinski definition) is 4. The van der Waals surface area contributed by atoms with E-state index in [9.17, 15) is 4.79 Å². The van der Waals surface area contributed by atoms with Crippen molar-refractivity contribution in [2.45, 2.75) is 19.7 Å². The summed E-state index contributed by atoms with van der Waals surface area (Å²) in [5.41, 5.74) is 0.560. The molecule has 1 aromatic carbocycles. The summed E-state index contributed by atoms with van der Waals surface area (Å²) < 4.78 is 8.64. The smallest absolute Gasteiger partial charge is 0.249 e. The lowest BCUT2D eigenvalue weighted by Crippen LogP contribution is -2.23. The normalized spacial score (nSPS) is 12.0. The number of anilines is 1. The summed E-state index contributed by atoms with van der Waals surface area (Å²) in [5.74, 6) is 0.410. The topological polar surface area (TPSA) is 74.0 Å². The highest BCUT2D eigenvalue weighted by Crippen LogP contribution is 2.18. The lowest BCUT2D eigenvalue weighted by molar-refractivity contribution is -0.119. The van der Waals surface area contributed by atoms with Crippen LogP contribution in [0, 0.1) is 0 Å². The Labute approximate surface area is 154 Å².